The highest BCUT2D eigenvalue weighted by Crippen LogP contribution is 2.20. The van der Waals surface area contributed by atoms with Crippen LogP contribution in [0.1, 0.15) is 13.3 Å². The fraction of sp³-hybridized carbons (Fsp3) is 0.667. The SMILES string of the molecule is CCCN1CN=C2C=C(N3CCSCC3)N=CN21. The van der Waals surface area contributed by atoms with E-state index in [0.29, 0.717) is 0 Å². The van der Waals surface area contributed by atoms with Gasteiger partial charge in [-0.25, -0.2) is 15.0 Å². The molecule has 98 valence electrons. The molecule has 5 nitrogen and oxygen atoms in total. The minimum absolute atomic E-state index is 0.759. The van der Waals surface area contributed by atoms with Gasteiger partial charge in [0.1, 0.15) is 24.7 Å². The van der Waals surface area contributed by atoms with Crippen LogP contribution < -0.4 is 0 Å². The van der Waals surface area contributed by atoms with Gasteiger partial charge in [-0.2, -0.15) is 16.8 Å². The lowest BCUT2D eigenvalue weighted by Crippen LogP contribution is -2.43. The van der Waals surface area contributed by atoms with E-state index in [1.165, 1.54) is 11.5 Å². The molecule has 0 radical (unpaired) electrons. The van der Waals surface area contributed by atoms with E-state index in [9.17, 15) is 0 Å². The van der Waals surface area contributed by atoms with Crippen molar-refractivity contribution in [2.24, 2.45) is 9.98 Å². The van der Waals surface area contributed by atoms with Crippen LogP contribution in [0, 0.1) is 0 Å². The summed E-state index contributed by atoms with van der Waals surface area (Å²) >= 11 is 2.02. The molecule has 0 aromatic heterocycles. The number of fused-ring (bicyclic) bond motifs is 1. The molecule has 3 rings (SSSR count). The molecule has 0 spiro atoms. The lowest BCUT2D eigenvalue weighted by atomic mass is 10.4. The molecule has 18 heavy (non-hydrogen) atoms. The van der Waals surface area contributed by atoms with Crippen LogP contribution in [0.2, 0.25) is 0 Å². The third kappa shape index (κ3) is 2.27. The number of aliphatic imine (C=N–C) groups is 2. The summed E-state index contributed by atoms with van der Waals surface area (Å²) in [5.74, 6) is 4.51. The number of nitrogens with zero attached hydrogens (tertiary/aromatic N) is 5. The molecule has 0 atom stereocenters. The molecule has 6 heteroatoms. The molecule has 0 aromatic rings. The summed E-state index contributed by atoms with van der Waals surface area (Å²) < 4.78 is 0. The van der Waals surface area contributed by atoms with Gasteiger partial charge < -0.3 is 4.90 Å². The van der Waals surface area contributed by atoms with Gasteiger partial charge >= 0.3 is 0 Å². The standard InChI is InChI=1S/C12H19N5S/c1-2-3-16-9-13-12-8-11(14-10-17(12)16)15-4-6-18-7-5-15/h8,10H,2-7,9H2,1H3. The Balaban J connectivity index is 1.70. The van der Waals surface area contributed by atoms with Crippen LogP contribution in [0.4, 0.5) is 0 Å². The van der Waals surface area contributed by atoms with Crippen molar-refractivity contribution in [2.75, 3.05) is 37.8 Å². The van der Waals surface area contributed by atoms with Crippen molar-refractivity contribution in [1.82, 2.24) is 14.9 Å². The normalized spacial score (nSPS) is 24.1. The molecule has 0 aromatic carbocycles. The minimum Gasteiger partial charge on any atom is -0.355 e. The van der Waals surface area contributed by atoms with E-state index in [-0.39, 0.29) is 0 Å². The Kier molecular flexibility index (Phi) is 3.56. The van der Waals surface area contributed by atoms with Crippen LogP contribution >= 0.6 is 11.8 Å². The topological polar surface area (TPSA) is 34.4 Å². The molecule has 1 fully saturated rings. The van der Waals surface area contributed by atoms with Crippen LogP contribution in [-0.4, -0.2) is 64.9 Å². The van der Waals surface area contributed by atoms with Gasteiger partial charge in [0, 0.05) is 37.2 Å². The Hall–Kier alpha value is -1.01. The number of hydrazine groups is 1. The van der Waals surface area contributed by atoms with E-state index in [4.69, 9.17) is 0 Å². The molecule has 0 aliphatic carbocycles. The summed E-state index contributed by atoms with van der Waals surface area (Å²) in [6.07, 6.45) is 5.16. The van der Waals surface area contributed by atoms with E-state index in [1.54, 1.807) is 0 Å². The highest BCUT2D eigenvalue weighted by molar-refractivity contribution is 7.99. The van der Waals surface area contributed by atoms with Crippen molar-refractivity contribution in [3.8, 4) is 0 Å². The van der Waals surface area contributed by atoms with Gasteiger partial charge in [-0.1, -0.05) is 6.92 Å². The van der Waals surface area contributed by atoms with Crippen LogP contribution in [-0.2, 0) is 0 Å². The molecule has 0 amide bonds. The first-order valence-corrected chi connectivity index (χ1v) is 7.71. The monoisotopic (exact) mass is 265 g/mol. The van der Waals surface area contributed by atoms with E-state index < -0.39 is 0 Å². The summed E-state index contributed by atoms with van der Waals surface area (Å²) in [5, 5.41) is 4.30. The maximum absolute atomic E-state index is 4.58. The Morgan fingerprint density at radius 2 is 2.17 bits per heavy atom. The average molecular weight is 265 g/mol. The molecule has 3 aliphatic heterocycles. The fourth-order valence-corrected chi connectivity index (χ4v) is 3.26. The van der Waals surface area contributed by atoms with E-state index >= 15 is 0 Å². The minimum atomic E-state index is 0.759. The Labute approximate surface area is 112 Å². The zero-order chi connectivity index (χ0) is 12.4. The van der Waals surface area contributed by atoms with Crippen molar-refractivity contribution >= 4 is 23.9 Å². The van der Waals surface area contributed by atoms with Gasteiger partial charge in [0.2, 0.25) is 0 Å². The van der Waals surface area contributed by atoms with Gasteiger partial charge in [-0.15, -0.1) is 0 Å². The number of hydrogen-bond donors (Lipinski definition) is 0. The molecule has 3 aliphatic rings. The molecule has 3 heterocycles. The largest absolute Gasteiger partial charge is 0.355 e. The van der Waals surface area contributed by atoms with Gasteiger partial charge in [0.05, 0.1) is 0 Å². The number of hydrogen-bond acceptors (Lipinski definition) is 6. The number of rotatable bonds is 3. The van der Waals surface area contributed by atoms with Gasteiger partial charge in [0.15, 0.2) is 0 Å². The van der Waals surface area contributed by atoms with Crippen molar-refractivity contribution in [1.29, 1.82) is 0 Å². The van der Waals surface area contributed by atoms with Crippen LogP contribution in [0.25, 0.3) is 0 Å². The van der Waals surface area contributed by atoms with E-state index in [0.717, 1.165) is 44.4 Å². The summed E-state index contributed by atoms with van der Waals surface area (Å²) in [4.78, 5) is 11.5. The molecular weight excluding hydrogens is 246 g/mol. The third-order valence-electron chi connectivity index (χ3n) is 3.31. The Morgan fingerprint density at radius 1 is 1.33 bits per heavy atom. The quantitative estimate of drug-likeness (QED) is 0.768. The Morgan fingerprint density at radius 3 is 2.94 bits per heavy atom. The first-order valence-electron chi connectivity index (χ1n) is 6.55. The zero-order valence-corrected chi connectivity index (χ0v) is 11.6. The summed E-state index contributed by atoms with van der Waals surface area (Å²) in [6.45, 7) is 6.17. The predicted molar refractivity (Wildman–Crippen MR) is 76.6 cm³/mol. The van der Waals surface area contributed by atoms with Gasteiger partial charge in [-0.05, 0) is 6.42 Å². The van der Waals surface area contributed by atoms with E-state index in [1.807, 2.05) is 18.1 Å². The van der Waals surface area contributed by atoms with Crippen molar-refractivity contribution in [3.05, 3.63) is 11.9 Å². The van der Waals surface area contributed by atoms with Gasteiger partial charge in [0.25, 0.3) is 0 Å². The Bertz CT molecular complexity index is 397. The number of amidine groups is 1. The number of thioether (sulfide) groups is 1. The molecule has 0 saturated carbocycles. The molecule has 0 N–H and O–H groups in total. The second-order valence-electron chi connectivity index (χ2n) is 4.58. The lowest BCUT2D eigenvalue weighted by Gasteiger charge is -2.32. The molecular formula is C12H19N5S. The second kappa shape index (κ2) is 5.32. The lowest BCUT2D eigenvalue weighted by molar-refractivity contribution is 0.144. The highest BCUT2D eigenvalue weighted by atomic mass is 32.2. The summed E-state index contributed by atoms with van der Waals surface area (Å²) in [7, 11) is 0. The summed E-state index contributed by atoms with van der Waals surface area (Å²) in [6, 6.07) is 0. The predicted octanol–water partition coefficient (Wildman–Crippen LogP) is 1.22. The first kappa shape index (κ1) is 12.0. The highest BCUT2D eigenvalue weighted by Gasteiger charge is 2.26. The van der Waals surface area contributed by atoms with Crippen molar-refractivity contribution < 1.29 is 0 Å². The molecule has 0 bridgehead atoms. The van der Waals surface area contributed by atoms with E-state index in [2.05, 4.69) is 37.9 Å². The van der Waals surface area contributed by atoms with Crippen LogP contribution in [0.3, 0.4) is 0 Å². The van der Waals surface area contributed by atoms with Gasteiger partial charge in [-0.3, -0.25) is 0 Å². The first-order chi connectivity index (χ1) is 8.88. The van der Waals surface area contributed by atoms with Crippen LogP contribution in [0.5, 0.6) is 0 Å². The second-order valence-corrected chi connectivity index (χ2v) is 5.80. The summed E-state index contributed by atoms with van der Waals surface area (Å²) in [5.41, 5.74) is 0. The smallest absolute Gasteiger partial charge is 0.148 e. The molecule has 1 saturated heterocycles. The van der Waals surface area contributed by atoms with Crippen LogP contribution in [0.15, 0.2) is 21.9 Å². The maximum atomic E-state index is 4.58. The average Bonchev–Trinajstić information content (AvgIpc) is 2.83. The maximum Gasteiger partial charge on any atom is 0.148 e. The zero-order valence-electron chi connectivity index (χ0n) is 10.7. The van der Waals surface area contributed by atoms with Crippen molar-refractivity contribution in [3.63, 3.8) is 0 Å². The fourth-order valence-electron chi connectivity index (χ4n) is 2.35. The molecule has 0 unspecified atom stereocenters. The third-order valence-corrected chi connectivity index (χ3v) is 4.25. The van der Waals surface area contributed by atoms with Crippen molar-refractivity contribution in [2.45, 2.75) is 13.3 Å².